The van der Waals surface area contributed by atoms with Gasteiger partial charge in [-0.05, 0) is 39.8 Å². The predicted octanol–water partition coefficient (Wildman–Crippen LogP) is 4.17. The number of anilines is 1. The normalized spacial score (nSPS) is 11.3. The van der Waals surface area contributed by atoms with Crippen LogP contribution in [0.1, 0.15) is 40.1 Å². The number of aromatic nitrogens is 7. The Kier molecular flexibility index (Phi) is 5.64. The van der Waals surface area contributed by atoms with Crippen molar-refractivity contribution in [3.8, 4) is 11.3 Å². The molecule has 0 saturated carbocycles. The van der Waals surface area contributed by atoms with Crippen molar-refractivity contribution in [3.05, 3.63) is 82.9 Å². The second-order valence-corrected chi connectivity index (χ2v) is 8.34. The zero-order chi connectivity index (χ0) is 24.7. The number of nitrogens with zero attached hydrogens (tertiary/aromatic N) is 7. The monoisotopic (exact) mass is 472 g/mol. The van der Waals surface area contributed by atoms with Gasteiger partial charge in [0.25, 0.3) is 5.91 Å². The smallest absolute Gasteiger partial charge is 0.276 e. The molecule has 0 bridgehead atoms. The van der Waals surface area contributed by atoms with Crippen molar-refractivity contribution in [3.63, 3.8) is 0 Å². The number of amides is 1. The summed E-state index contributed by atoms with van der Waals surface area (Å²) in [5.41, 5.74) is 5.99. The van der Waals surface area contributed by atoms with E-state index in [1.54, 1.807) is 52.8 Å². The van der Waals surface area contributed by atoms with Crippen molar-refractivity contribution in [1.29, 1.82) is 0 Å². The molecule has 9 nitrogen and oxygen atoms in total. The summed E-state index contributed by atoms with van der Waals surface area (Å²) in [6.45, 7) is 8.70. The van der Waals surface area contributed by atoms with Crippen LogP contribution in [0.25, 0.3) is 16.9 Å². The molecular formula is C25H25FN8O. The van der Waals surface area contributed by atoms with Crippen LogP contribution in [0.3, 0.4) is 0 Å². The molecule has 0 radical (unpaired) electrons. The Hall–Kier alpha value is -4.34. The molecule has 0 saturated heterocycles. The van der Waals surface area contributed by atoms with E-state index in [4.69, 9.17) is 0 Å². The van der Waals surface area contributed by atoms with E-state index < -0.39 is 0 Å². The van der Waals surface area contributed by atoms with E-state index in [9.17, 15) is 9.18 Å². The zero-order valence-electron chi connectivity index (χ0n) is 19.9. The van der Waals surface area contributed by atoms with Gasteiger partial charge in [-0.15, -0.1) is 0 Å². The van der Waals surface area contributed by atoms with E-state index in [0.717, 1.165) is 29.2 Å². The van der Waals surface area contributed by atoms with Crippen LogP contribution in [-0.4, -0.2) is 40.1 Å². The van der Waals surface area contributed by atoms with E-state index in [-0.39, 0.29) is 24.0 Å². The largest absolute Gasteiger partial charge is 0.317 e. The lowest BCUT2D eigenvalue weighted by atomic mass is 10.2. The van der Waals surface area contributed by atoms with Gasteiger partial charge >= 0.3 is 0 Å². The van der Waals surface area contributed by atoms with Gasteiger partial charge in [-0.2, -0.15) is 15.3 Å². The third-order valence-corrected chi connectivity index (χ3v) is 6.17. The maximum Gasteiger partial charge on any atom is 0.276 e. The maximum absolute atomic E-state index is 14.1. The second-order valence-electron chi connectivity index (χ2n) is 8.34. The van der Waals surface area contributed by atoms with E-state index in [2.05, 4.69) is 25.6 Å². The minimum absolute atomic E-state index is 0.228. The fourth-order valence-corrected chi connectivity index (χ4v) is 4.22. The third kappa shape index (κ3) is 3.96. The van der Waals surface area contributed by atoms with Crippen molar-refractivity contribution in [2.24, 2.45) is 0 Å². The summed E-state index contributed by atoms with van der Waals surface area (Å²) in [5, 5.41) is 16.4. The average molecular weight is 473 g/mol. The predicted molar refractivity (Wildman–Crippen MR) is 130 cm³/mol. The molecule has 0 aliphatic carbocycles. The molecule has 10 heteroatoms. The van der Waals surface area contributed by atoms with Gasteiger partial charge < -0.3 is 5.32 Å². The Morgan fingerprint density at radius 3 is 2.60 bits per heavy atom. The molecule has 1 aromatic carbocycles. The number of fused-ring (bicyclic) bond motifs is 1. The van der Waals surface area contributed by atoms with Gasteiger partial charge in [0.05, 0.1) is 35.5 Å². The van der Waals surface area contributed by atoms with E-state index in [1.165, 1.54) is 6.07 Å². The highest BCUT2D eigenvalue weighted by atomic mass is 19.1. The molecule has 0 aliphatic heterocycles. The Labute approximate surface area is 201 Å². The summed E-state index contributed by atoms with van der Waals surface area (Å²) >= 11 is 0. The lowest BCUT2D eigenvalue weighted by Crippen LogP contribution is -2.14. The van der Waals surface area contributed by atoms with E-state index in [1.807, 2.05) is 31.5 Å². The van der Waals surface area contributed by atoms with Gasteiger partial charge in [-0.1, -0.05) is 18.2 Å². The molecule has 0 fully saturated rings. The average Bonchev–Trinajstić information content (AvgIpc) is 3.52. The number of aryl methyl sites for hydroxylation is 2. The van der Waals surface area contributed by atoms with E-state index >= 15 is 0 Å². The first-order valence-corrected chi connectivity index (χ1v) is 11.3. The van der Waals surface area contributed by atoms with Gasteiger partial charge in [0.1, 0.15) is 5.82 Å². The maximum atomic E-state index is 14.1. The van der Waals surface area contributed by atoms with Crippen molar-refractivity contribution in [2.75, 3.05) is 5.32 Å². The van der Waals surface area contributed by atoms with Crippen LogP contribution in [0.2, 0.25) is 0 Å². The van der Waals surface area contributed by atoms with Crippen molar-refractivity contribution < 1.29 is 9.18 Å². The molecule has 1 amide bonds. The molecule has 5 aromatic rings. The molecule has 0 atom stereocenters. The van der Waals surface area contributed by atoms with Crippen LogP contribution in [-0.2, 0) is 13.1 Å². The number of carbonyl (C=O) groups excluding carboxylic acids is 1. The van der Waals surface area contributed by atoms with Crippen LogP contribution in [0.15, 0.2) is 48.8 Å². The molecule has 5 rings (SSSR count). The summed E-state index contributed by atoms with van der Waals surface area (Å²) in [6.07, 6.45) is 3.49. The lowest BCUT2D eigenvalue weighted by molar-refractivity contribution is 0.102. The molecule has 0 spiro atoms. The summed E-state index contributed by atoms with van der Waals surface area (Å²) in [7, 11) is 0. The van der Waals surface area contributed by atoms with Gasteiger partial charge in [-0.3, -0.25) is 14.2 Å². The van der Waals surface area contributed by atoms with Gasteiger partial charge in [-0.25, -0.2) is 13.9 Å². The molecule has 0 aliphatic rings. The molecule has 4 heterocycles. The van der Waals surface area contributed by atoms with Crippen LogP contribution >= 0.6 is 0 Å². The minimum Gasteiger partial charge on any atom is -0.317 e. The van der Waals surface area contributed by atoms with Crippen molar-refractivity contribution >= 4 is 17.2 Å². The number of halogens is 1. The molecule has 1 N–H and O–H groups in total. The quantitative estimate of drug-likeness (QED) is 0.400. The summed E-state index contributed by atoms with van der Waals surface area (Å²) in [4.78, 5) is 17.5. The number of nitrogens with one attached hydrogen (secondary N) is 1. The standard InChI is InChI=1S/C25H25FN8O/c1-5-32-16(3)19(13-28-32)22-10-11-27-23-12-21(31-34(22)23)25(35)29-24-15(2)30-33(17(24)4)14-18-8-6-7-9-20(18)26/h6-13H,5,14H2,1-4H3,(H,29,35). The molecule has 0 unspecified atom stereocenters. The Morgan fingerprint density at radius 2 is 1.86 bits per heavy atom. The van der Waals surface area contributed by atoms with Crippen molar-refractivity contribution in [1.82, 2.24) is 34.2 Å². The van der Waals surface area contributed by atoms with Gasteiger partial charge in [0.2, 0.25) is 0 Å². The first-order chi connectivity index (χ1) is 16.9. The third-order valence-electron chi connectivity index (χ3n) is 6.17. The van der Waals surface area contributed by atoms with Crippen LogP contribution in [0, 0.1) is 26.6 Å². The molecule has 4 aromatic heterocycles. The summed E-state index contributed by atoms with van der Waals surface area (Å²) < 4.78 is 19.4. The number of benzene rings is 1. The first kappa shape index (κ1) is 22.5. The summed E-state index contributed by atoms with van der Waals surface area (Å²) in [6, 6.07) is 10.1. The molecule has 35 heavy (non-hydrogen) atoms. The SMILES string of the molecule is CCn1ncc(-c2ccnc3cc(C(=O)Nc4c(C)nn(Cc5ccccc5F)c4C)nn23)c1C. The lowest BCUT2D eigenvalue weighted by Gasteiger charge is -2.07. The van der Waals surface area contributed by atoms with Crippen LogP contribution in [0.5, 0.6) is 0 Å². The minimum atomic E-state index is -0.376. The number of carbonyl (C=O) groups is 1. The topological polar surface area (TPSA) is 94.9 Å². The number of hydrogen-bond donors (Lipinski definition) is 1. The first-order valence-electron chi connectivity index (χ1n) is 11.3. The Morgan fingerprint density at radius 1 is 1.06 bits per heavy atom. The van der Waals surface area contributed by atoms with E-state index in [0.29, 0.717) is 22.6 Å². The van der Waals surface area contributed by atoms with Crippen molar-refractivity contribution in [2.45, 2.75) is 40.8 Å². The van der Waals surface area contributed by atoms with Crippen LogP contribution in [0.4, 0.5) is 10.1 Å². The van der Waals surface area contributed by atoms with Gasteiger partial charge in [0.15, 0.2) is 11.3 Å². The summed E-state index contributed by atoms with van der Waals surface area (Å²) in [5.74, 6) is -0.669. The molecule has 178 valence electrons. The van der Waals surface area contributed by atoms with Crippen LogP contribution < -0.4 is 5.32 Å². The molecular weight excluding hydrogens is 447 g/mol. The highest BCUT2D eigenvalue weighted by Crippen LogP contribution is 2.25. The highest BCUT2D eigenvalue weighted by molar-refractivity contribution is 6.04. The van der Waals surface area contributed by atoms with Gasteiger partial charge in [0, 0.05) is 35.6 Å². The fourth-order valence-electron chi connectivity index (χ4n) is 4.22. The number of hydrogen-bond acceptors (Lipinski definition) is 5. The second kappa shape index (κ2) is 8.79. The fraction of sp³-hybridized carbons (Fsp3) is 0.240. The zero-order valence-corrected chi connectivity index (χ0v) is 19.9. The Balaban J connectivity index is 1.44. The number of rotatable bonds is 6. The highest BCUT2D eigenvalue weighted by Gasteiger charge is 2.20. The Bertz CT molecular complexity index is 1560.